The fourth-order valence-electron chi connectivity index (χ4n) is 2.66. The summed E-state index contributed by atoms with van der Waals surface area (Å²) in [6.07, 6.45) is 2.59. The first-order valence-electron chi connectivity index (χ1n) is 6.07. The second-order valence-electron chi connectivity index (χ2n) is 5.25. The summed E-state index contributed by atoms with van der Waals surface area (Å²) in [5.74, 6) is 0.801. The highest BCUT2D eigenvalue weighted by Crippen LogP contribution is 2.37. The number of piperidine rings is 1. The molecule has 1 fully saturated rings. The summed E-state index contributed by atoms with van der Waals surface area (Å²) in [6, 6.07) is 8.81. The molecule has 0 saturated carbocycles. The van der Waals surface area contributed by atoms with Crippen molar-refractivity contribution in [2.45, 2.75) is 32.1 Å². The van der Waals surface area contributed by atoms with Crippen LogP contribution in [0.25, 0.3) is 0 Å². The third kappa shape index (κ3) is 2.49. The molecule has 0 atom stereocenters. The van der Waals surface area contributed by atoms with Gasteiger partial charge in [0.15, 0.2) is 0 Å². The van der Waals surface area contributed by atoms with E-state index in [-0.39, 0.29) is 0 Å². The molecule has 16 heavy (non-hydrogen) atoms. The minimum absolute atomic E-state index is 0.294. The number of rotatable bonds is 2. The van der Waals surface area contributed by atoms with E-state index >= 15 is 0 Å². The summed E-state index contributed by atoms with van der Waals surface area (Å²) in [5.41, 5.74) is 1.76. The molecule has 0 aliphatic carbocycles. The standard InChI is InChI=1S/C14H20BrN/c1-14(2,12-7-9-16-10-8-12)11-3-5-13(15)6-4-11/h3-6,12,16H,7-10H2,1-2H3. The van der Waals surface area contributed by atoms with Crippen LogP contribution in [0.5, 0.6) is 0 Å². The van der Waals surface area contributed by atoms with Crippen molar-refractivity contribution in [2.24, 2.45) is 5.92 Å². The molecule has 1 aromatic carbocycles. The Morgan fingerprint density at radius 2 is 1.69 bits per heavy atom. The third-order valence-electron chi connectivity index (χ3n) is 3.95. The topological polar surface area (TPSA) is 12.0 Å². The Morgan fingerprint density at radius 1 is 1.12 bits per heavy atom. The lowest BCUT2D eigenvalue weighted by Crippen LogP contribution is -2.38. The molecule has 1 aliphatic rings. The number of halogens is 1. The van der Waals surface area contributed by atoms with E-state index in [9.17, 15) is 0 Å². The number of hydrogen-bond donors (Lipinski definition) is 1. The van der Waals surface area contributed by atoms with Gasteiger partial charge < -0.3 is 5.32 Å². The fraction of sp³-hybridized carbons (Fsp3) is 0.571. The average molecular weight is 282 g/mol. The van der Waals surface area contributed by atoms with Crippen molar-refractivity contribution in [2.75, 3.05) is 13.1 Å². The highest BCUT2D eigenvalue weighted by atomic mass is 79.9. The molecule has 0 unspecified atom stereocenters. The van der Waals surface area contributed by atoms with Gasteiger partial charge in [-0.1, -0.05) is 41.9 Å². The Labute approximate surface area is 107 Å². The Balaban J connectivity index is 2.19. The van der Waals surface area contributed by atoms with E-state index in [1.807, 2.05) is 0 Å². The van der Waals surface area contributed by atoms with Crippen molar-refractivity contribution in [3.63, 3.8) is 0 Å². The Bertz CT molecular complexity index is 336. The van der Waals surface area contributed by atoms with Crippen molar-refractivity contribution in [3.05, 3.63) is 34.3 Å². The van der Waals surface area contributed by atoms with Crippen LogP contribution in [0.4, 0.5) is 0 Å². The lowest BCUT2D eigenvalue weighted by Gasteiger charge is -2.37. The smallest absolute Gasteiger partial charge is 0.0175 e. The molecule has 1 aliphatic heterocycles. The highest BCUT2D eigenvalue weighted by molar-refractivity contribution is 9.10. The van der Waals surface area contributed by atoms with Gasteiger partial charge >= 0.3 is 0 Å². The predicted octanol–water partition coefficient (Wildman–Crippen LogP) is 3.73. The van der Waals surface area contributed by atoms with Crippen LogP contribution in [0.3, 0.4) is 0 Å². The molecule has 2 rings (SSSR count). The van der Waals surface area contributed by atoms with E-state index in [2.05, 4.69) is 59.4 Å². The van der Waals surface area contributed by atoms with Crippen molar-refractivity contribution in [1.82, 2.24) is 5.32 Å². The maximum atomic E-state index is 3.50. The molecular formula is C14H20BrN. The van der Waals surface area contributed by atoms with Crippen LogP contribution in [0.1, 0.15) is 32.3 Å². The van der Waals surface area contributed by atoms with Crippen LogP contribution in [-0.4, -0.2) is 13.1 Å². The largest absolute Gasteiger partial charge is 0.317 e. The van der Waals surface area contributed by atoms with Crippen LogP contribution in [0.2, 0.25) is 0 Å². The number of hydrogen-bond acceptors (Lipinski definition) is 1. The number of benzene rings is 1. The van der Waals surface area contributed by atoms with E-state index < -0.39 is 0 Å². The zero-order valence-corrected chi connectivity index (χ0v) is 11.7. The molecule has 2 heteroatoms. The van der Waals surface area contributed by atoms with Crippen LogP contribution in [0.15, 0.2) is 28.7 Å². The van der Waals surface area contributed by atoms with Crippen LogP contribution >= 0.6 is 15.9 Å². The van der Waals surface area contributed by atoms with Crippen molar-refractivity contribution < 1.29 is 0 Å². The quantitative estimate of drug-likeness (QED) is 0.871. The van der Waals surface area contributed by atoms with Gasteiger partial charge in [-0.25, -0.2) is 0 Å². The van der Waals surface area contributed by atoms with Gasteiger partial charge in [-0.05, 0) is 55.0 Å². The average Bonchev–Trinajstić information content (AvgIpc) is 2.31. The highest BCUT2D eigenvalue weighted by Gasteiger charge is 2.31. The maximum absolute atomic E-state index is 3.50. The van der Waals surface area contributed by atoms with E-state index in [1.54, 1.807) is 0 Å². The molecule has 0 spiro atoms. The van der Waals surface area contributed by atoms with Crippen LogP contribution in [-0.2, 0) is 5.41 Å². The fourth-order valence-corrected chi connectivity index (χ4v) is 2.92. The first kappa shape index (κ1) is 12.1. The van der Waals surface area contributed by atoms with Crippen LogP contribution in [0, 0.1) is 5.92 Å². The Hall–Kier alpha value is -0.340. The summed E-state index contributed by atoms with van der Waals surface area (Å²) >= 11 is 3.50. The lowest BCUT2D eigenvalue weighted by molar-refractivity contribution is 0.247. The zero-order valence-electron chi connectivity index (χ0n) is 10.1. The predicted molar refractivity (Wildman–Crippen MR) is 72.8 cm³/mol. The second-order valence-corrected chi connectivity index (χ2v) is 6.17. The summed E-state index contributed by atoms with van der Waals surface area (Å²) < 4.78 is 1.16. The lowest BCUT2D eigenvalue weighted by atomic mass is 9.70. The molecular weight excluding hydrogens is 262 g/mol. The molecule has 0 radical (unpaired) electrons. The summed E-state index contributed by atoms with van der Waals surface area (Å²) in [7, 11) is 0. The second kappa shape index (κ2) is 4.89. The summed E-state index contributed by atoms with van der Waals surface area (Å²) in [4.78, 5) is 0. The molecule has 0 aromatic heterocycles. The van der Waals surface area contributed by atoms with E-state index in [0.717, 1.165) is 10.4 Å². The summed E-state index contributed by atoms with van der Waals surface area (Å²) in [5, 5.41) is 3.44. The normalized spacial score (nSPS) is 18.7. The minimum atomic E-state index is 0.294. The minimum Gasteiger partial charge on any atom is -0.317 e. The van der Waals surface area contributed by atoms with E-state index in [0.29, 0.717) is 5.41 Å². The molecule has 0 amide bonds. The van der Waals surface area contributed by atoms with E-state index in [4.69, 9.17) is 0 Å². The molecule has 0 bridgehead atoms. The van der Waals surface area contributed by atoms with Gasteiger partial charge in [0.25, 0.3) is 0 Å². The van der Waals surface area contributed by atoms with Gasteiger partial charge in [-0.15, -0.1) is 0 Å². The zero-order chi connectivity index (χ0) is 11.6. The summed E-state index contributed by atoms with van der Waals surface area (Å²) in [6.45, 7) is 7.10. The van der Waals surface area contributed by atoms with Gasteiger partial charge in [0.05, 0.1) is 0 Å². The van der Waals surface area contributed by atoms with Crippen molar-refractivity contribution in [1.29, 1.82) is 0 Å². The molecule has 1 N–H and O–H groups in total. The van der Waals surface area contributed by atoms with Gasteiger partial charge in [-0.2, -0.15) is 0 Å². The van der Waals surface area contributed by atoms with Gasteiger partial charge in [0.1, 0.15) is 0 Å². The number of nitrogens with one attached hydrogen (secondary N) is 1. The van der Waals surface area contributed by atoms with Gasteiger partial charge in [0, 0.05) is 4.47 Å². The monoisotopic (exact) mass is 281 g/mol. The first-order valence-corrected chi connectivity index (χ1v) is 6.87. The van der Waals surface area contributed by atoms with Gasteiger partial charge in [0.2, 0.25) is 0 Å². The first-order chi connectivity index (χ1) is 7.60. The van der Waals surface area contributed by atoms with E-state index in [1.165, 1.54) is 31.5 Å². The SMILES string of the molecule is CC(C)(c1ccc(Br)cc1)C1CCNCC1. The van der Waals surface area contributed by atoms with Crippen LogP contribution < -0.4 is 5.32 Å². The Kier molecular flexibility index (Phi) is 3.70. The van der Waals surface area contributed by atoms with Gasteiger partial charge in [-0.3, -0.25) is 0 Å². The molecule has 1 nitrogen and oxygen atoms in total. The maximum Gasteiger partial charge on any atom is 0.0175 e. The molecule has 1 heterocycles. The van der Waals surface area contributed by atoms with Crippen molar-refractivity contribution in [3.8, 4) is 0 Å². The Morgan fingerprint density at radius 3 is 2.25 bits per heavy atom. The molecule has 1 saturated heterocycles. The molecule has 88 valence electrons. The molecule has 1 aromatic rings. The van der Waals surface area contributed by atoms with Crippen molar-refractivity contribution >= 4 is 15.9 Å². The third-order valence-corrected chi connectivity index (χ3v) is 4.48.